The molecule has 6 nitrogen and oxygen atoms in total. The highest BCUT2D eigenvalue weighted by Crippen LogP contribution is 2.34. The van der Waals surface area contributed by atoms with E-state index in [1.165, 1.54) is 16.4 Å². The van der Waals surface area contributed by atoms with E-state index in [4.69, 9.17) is 4.74 Å². The first-order valence-corrected chi connectivity index (χ1v) is 7.79. The van der Waals surface area contributed by atoms with Gasteiger partial charge in [0.2, 0.25) is 10.0 Å². The molecule has 0 radical (unpaired) electrons. The summed E-state index contributed by atoms with van der Waals surface area (Å²) in [5.41, 5.74) is 0.961. The highest BCUT2D eigenvalue weighted by molar-refractivity contribution is 7.89. The maximum Gasteiger partial charge on any atom is 0.307 e. The molecule has 2 aliphatic rings. The molecule has 0 saturated carbocycles. The second kappa shape index (κ2) is 4.54. The van der Waals surface area contributed by atoms with Gasteiger partial charge < -0.3 is 9.84 Å². The van der Waals surface area contributed by atoms with Crippen molar-refractivity contribution < 1.29 is 23.1 Å². The molecule has 0 spiro atoms. The number of rotatable bonds is 2. The standard InChI is InChI=1S/C13H15NO5S/c1-8-2-4-9(5-3-8)20(17,18)14-7-11(15)13-10(14)6-12(16)19-13/h2-5,10-11,13,15H,6-7H2,1H3/t10-,11-,13+/m1/s1. The van der Waals surface area contributed by atoms with E-state index in [2.05, 4.69) is 0 Å². The van der Waals surface area contributed by atoms with Crippen molar-refractivity contribution in [2.75, 3.05) is 6.54 Å². The van der Waals surface area contributed by atoms with Crippen molar-refractivity contribution in [2.45, 2.75) is 36.5 Å². The number of ether oxygens (including phenoxy) is 1. The second-order valence-corrected chi connectivity index (χ2v) is 7.07. The van der Waals surface area contributed by atoms with E-state index in [1.807, 2.05) is 6.92 Å². The first-order chi connectivity index (χ1) is 9.39. The first kappa shape index (κ1) is 13.5. The van der Waals surface area contributed by atoms with Gasteiger partial charge in [0.15, 0.2) is 0 Å². The van der Waals surface area contributed by atoms with Gasteiger partial charge in [0.05, 0.1) is 17.4 Å². The van der Waals surface area contributed by atoms with Crippen LogP contribution >= 0.6 is 0 Å². The van der Waals surface area contributed by atoms with E-state index in [9.17, 15) is 18.3 Å². The van der Waals surface area contributed by atoms with Gasteiger partial charge in [-0.3, -0.25) is 4.79 Å². The molecular weight excluding hydrogens is 282 g/mol. The molecule has 0 unspecified atom stereocenters. The SMILES string of the molecule is Cc1ccc(S(=O)(=O)N2C[C@@H](O)[C@H]3OC(=O)C[C@H]32)cc1. The topological polar surface area (TPSA) is 83.9 Å². The number of aryl methyl sites for hydroxylation is 1. The van der Waals surface area contributed by atoms with Crippen LogP contribution in [-0.2, 0) is 19.6 Å². The zero-order chi connectivity index (χ0) is 14.5. The van der Waals surface area contributed by atoms with E-state index in [0.717, 1.165) is 5.56 Å². The van der Waals surface area contributed by atoms with Crippen molar-refractivity contribution in [3.63, 3.8) is 0 Å². The first-order valence-electron chi connectivity index (χ1n) is 6.35. The summed E-state index contributed by atoms with van der Waals surface area (Å²) >= 11 is 0. The highest BCUT2D eigenvalue weighted by Gasteiger charge is 2.53. The van der Waals surface area contributed by atoms with Crippen molar-refractivity contribution in [3.8, 4) is 0 Å². The molecule has 0 amide bonds. The van der Waals surface area contributed by atoms with Crippen LogP contribution in [-0.4, -0.2) is 48.6 Å². The number of β-amino-alcohol motifs (C(OH)–C–C–N with tert-alkyl or cyclic N) is 1. The van der Waals surface area contributed by atoms with Gasteiger partial charge in [0.1, 0.15) is 12.2 Å². The van der Waals surface area contributed by atoms with Crippen LogP contribution in [0, 0.1) is 6.92 Å². The molecule has 3 atom stereocenters. The molecule has 3 rings (SSSR count). The molecule has 20 heavy (non-hydrogen) atoms. The quantitative estimate of drug-likeness (QED) is 0.780. The molecule has 2 aliphatic heterocycles. The Labute approximate surface area is 117 Å². The number of carbonyl (C=O) groups excluding carboxylic acids is 1. The van der Waals surface area contributed by atoms with Crippen LogP contribution in [0.5, 0.6) is 0 Å². The summed E-state index contributed by atoms with van der Waals surface area (Å²) in [5, 5.41) is 9.86. The van der Waals surface area contributed by atoms with Gasteiger partial charge in [-0.15, -0.1) is 0 Å². The Morgan fingerprint density at radius 1 is 1.30 bits per heavy atom. The van der Waals surface area contributed by atoms with Crippen LogP contribution in [0.3, 0.4) is 0 Å². The van der Waals surface area contributed by atoms with Crippen LogP contribution in [0.2, 0.25) is 0 Å². The van der Waals surface area contributed by atoms with E-state index in [0.29, 0.717) is 0 Å². The maximum absolute atomic E-state index is 12.6. The maximum atomic E-state index is 12.6. The average Bonchev–Trinajstić information content (AvgIpc) is 2.90. The zero-order valence-electron chi connectivity index (χ0n) is 10.9. The Kier molecular flexibility index (Phi) is 3.07. The van der Waals surface area contributed by atoms with Crippen molar-refractivity contribution in [1.29, 1.82) is 0 Å². The number of aliphatic hydroxyl groups excluding tert-OH is 1. The monoisotopic (exact) mass is 297 g/mol. The highest BCUT2D eigenvalue weighted by atomic mass is 32.2. The Bertz CT molecular complexity index is 639. The molecule has 0 bridgehead atoms. The minimum atomic E-state index is -3.72. The molecule has 0 aromatic heterocycles. The molecule has 2 fully saturated rings. The lowest BCUT2D eigenvalue weighted by molar-refractivity contribution is -0.144. The predicted molar refractivity (Wildman–Crippen MR) is 69.4 cm³/mol. The molecule has 1 N–H and O–H groups in total. The smallest absolute Gasteiger partial charge is 0.307 e. The molecule has 2 saturated heterocycles. The summed E-state index contributed by atoms with van der Waals surface area (Å²) in [6.07, 6.45) is -1.72. The number of nitrogens with zero attached hydrogens (tertiary/aromatic N) is 1. The number of aliphatic hydroxyl groups is 1. The fraction of sp³-hybridized carbons (Fsp3) is 0.462. The van der Waals surface area contributed by atoms with Crippen LogP contribution in [0.15, 0.2) is 29.2 Å². The fourth-order valence-corrected chi connectivity index (χ4v) is 4.36. The minimum absolute atomic E-state index is 0.00712. The summed E-state index contributed by atoms with van der Waals surface area (Å²) in [6.45, 7) is 1.83. The fourth-order valence-electron chi connectivity index (χ4n) is 2.71. The number of sulfonamides is 1. The van der Waals surface area contributed by atoms with Crippen LogP contribution < -0.4 is 0 Å². The molecule has 0 aliphatic carbocycles. The number of carbonyl (C=O) groups is 1. The van der Waals surface area contributed by atoms with Crippen LogP contribution in [0.4, 0.5) is 0 Å². The van der Waals surface area contributed by atoms with Crippen molar-refractivity contribution in [1.82, 2.24) is 4.31 Å². The van der Waals surface area contributed by atoms with E-state index in [-0.39, 0.29) is 17.9 Å². The number of esters is 1. The third kappa shape index (κ3) is 2.02. The summed E-state index contributed by atoms with van der Waals surface area (Å²) in [4.78, 5) is 11.5. The number of benzene rings is 1. The van der Waals surface area contributed by atoms with Crippen LogP contribution in [0.1, 0.15) is 12.0 Å². The molecule has 108 valence electrons. The van der Waals surface area contributed by atoms with Gasteiger partial charge in [-0.2, -0.15) is 4.31 Å². The van der Waals surface area contributed by atoms with Crippen molar-refractivity contribution >= 4 is 16.0 Å². The summed E-state index contributed by atoms with van der Waals surface area (Å²) < 4.78 is 31.3. The van der Waals surface area contributed by atoms with E-state index in [1.54, 1.807) is 12.1 Å². The molecule has 1 aromatic rings. The second-order valence-electron chi connectivity index (χ2n) is 5.18. The lowest BCUT2D eigenvalue weighted by Gasteiger charge is -2.20. The lowest BCUT2D eigenvalue weighted by Crippen LogP contribution is -2.37. The molecule has 1 aromatic carbocycles. The molecular formula is C13H15NO5S. The minimum Gasteiger partial charge on any atom is -0.458 e. The zero-order valence-corrected chi connectivity index (χ0v) is 11.7. The molecule has 2 heterocycles. The largest absolute Gasteiger partial charge is 0.458 e. The van der Waals surface area contributed by atoms with Crippen molar-refractivity contribution in [2.24, 2.45) is 0 Å². The van der Waals surface area contributed by atoms with Gasteiger partial charge in [0, 0.05) is 6.54 Å². The van der Waals surface area contributed by atoms with Gasteiger partial charge in [-0.05, 0) is 19.1 Å². The molecule has 7 heteroatoms. The Morgan fingerprint density at radius 2 is 1.95 bits per heavy atom. The summed E-state index contributed by atoms with van der Waals surface area (Å²) in [7, 11) is -3.72. The van der Waals surface area contributed by atoms with Crippen LogP contribution in [0.25, 0.3) is 0 Å². The van der Waals surface area contributed by atoms with E-state index < -0.39 is 34.2 Å². The predicted octanol–water partition coefficient (Wildman–Crippen LogP) is 0.0443. The van der Waals surface area contributed by atoms with Crippen molar-refractivity contribution in [3.05, 3.63) is 29.8 Å². The Morgan fingerprint density at radius 3 is 2.60 bits per heavy atom. The average molecular weight is 297 g/mol. The third-order valence-electron chi connectivity index (χ3n) is 3.77. The normalized spacial score (nSPS) is 30.3. The summed E-state index contributed by atoms with van der Waals surface area (Å²) in [5.74, 6) is -0.470. The van der Waals surface area contributed by atoms with Gasteiger partial charge >= 0.3 is 5.97 Å². The number of fused-ring (bicyclic) bond motifs is 1. The number of hydrogen-bond acceptors (Lipinski definition) is 5. The Balaban J connectivity index is 1.96. The number of hydrogen-bond donors (Lipinski definition) is 1. The Hall–Kier alpha value is -1.44. The van der Waals surface area contributed by atoms with Gasteiger partial charge in [-0.25, -0.2) is 8.42 Å². The van der Waals surface area contributed by atoms with Gasteiger partial charge in [-0.1, -0.05) is 17.7 Å². The third-order valence-corrected chi connectivity index (χ3v) is 5.67. The lowest BCUT2D eigenvalue weighted by atomic mass is 10.1. The van der Waals surface area contributed by atoms with E-state index >= 15 is 0 Å². The summed E-state index contributed by atoms with van der Waals surface area (Å²) in [6, 6.07) is 5.88. The van der Waals surface area contributed by atoms with Gasteiger partial charge in [0.25, 0.3) is 0 Å².